The first-order valence-corrected chi connectivity index (χ1v) is 8.13. The molecule has 0 bridgehead atoms. The number of anilines is 1. The molecule has 0 heterocycles. The molecule has 2 aromatic rings. The number of carbonyl (C=O) groups excluding carboxylic acids is 1. The lowest BCUT2D eigenvalue weighted by Crippen LogP contribution is -2.14. The van der Waals surface area contributed by atoms with Crippen LogP contribution in [0.2, 0.25) is 0 Å². The van der Waals surface area contributed by atoms with E-state index in [4.69, 9.17) is 9.47 Å². The highest BCUT2D eigenvalue weighted by Crippen LogP contribution is 2.38. The van der Waals surface area contributed by atoms with Crippen LogP contribution in [0.5, 0.6) is 11.5 Å². The van der Waals surface area contributed by atoms with Gasteiger partial charge in [0.15, 0.2) is 0 Å². The van der Waals surface area contributed by atoms with Gasteiger partial charge in [-0.25, -0.2) is 4.79 Å². The molecule has 2 aromatic carbocycles. The molecule has 0 spiro atoms. The number of hydrogen-bond donors (Lipinski definition) is 1. The van der Waals surface area contributed by atoms with Crippen molar-refractivity contribution in [3.05, 3.63) is 53.1 Å². The predicted octanol–water partition coefficient (Wildman–Crippen LogP) is 5.03. The summed E-state index contributed by atoms with van der Waals surface area (Å²) < 4.78 is 55.3. The minimum atomic E-state index is -4.55. The maximum absolute atomic E-state index is 13.4. The fourth-order valence-corrected chi connectivity index (χ4v) is 2.48. The van der Waals surface area contributed by atoms with Crippen molar-refractivity contribution >= 4 is 11.8 Å². The van der Waals surface area contributed by atoms with Gasteiger partial charge in [-0.2, -0.15) is 13.2 Å². The van der Waals surface area contributed by atoms with E-state index in [1.165, 1.54) is 20.3 Å². The average molecular weight is 383 g/mol. The van der Waals surface area contributed by atoms with Crippen molar-refractivity contribution < 1.29 is 32.2 Å². The van der Waals surface area contributed by atoms with E-state index in [1.807, 2.05) is 0 Å². The topological polar surface area (TPSA) is 56.8 Å². The molecular weight excluding hydrogens is 363 g/mol. The number of alkyl halides is 3. The van der Waals surface area contributed by atoms with Crippen LogP contribution in [0.1, 0.15) is 23.6 Å². The molecule has 0 aliphatic carbocycles. The van der Waals surface area contributed by atoms with Gasteiger partial charge in [0.1, 0.15) is 18.1 Å². The van der Waals surface area contributed by atoms with Crippen molar-refractivity contribution in [1.29, 1.82) is 0 Å². The van der Waals surface area contributed by atoms with Gasteiger partial charge in [-0.05, 0) is 36.2 Å². The SMILES string of the molecule is CCc1ccc(OCc2c(NC(=O)OC)cccc2OC)c(C(F)(F)F)c1. The lowest BCUT2D eigenvalue weighted by Gasteiger charge is -2.18. The molecule has 0 saturated heterocycles. The number of nitrogens with one attached hydrogen (secondary N) is 1. The Labute approximate surface area is 155 Å². The molecular formula is C19H20F3NO4. The van der Waals surface area contributed by atoms with Crippen LogP contribution in [0, 0.1) is 0 Å². The molecule has 5 nitrogen and oxygen atoms in total. The Morgan fingerprint density at radius 3 is 2.44 bits per heavy atom. The average Bonchev–Trinajstić information content (AvgIpc) is 2.65. The number of ether oxygens (including phenoxy) is 3. The van der Waals surface area contributed by atoms with Crippen LogP contribution < -0.4 is 14.8 Å². The second-order valence-corrected chi connectivity index (χ2v) is 5.57. The summed E-state index contributed by atoms with van der Waals surface area (Å²) in [6.45, 7) is 1.54. The van der Waals surface area contributed by atoms with E-state index in [0.717, 1.165) is 6.07 Å². The van der Waals surface area contributed by atoms with Gasteiger partial charge < -0.3 is 14.2 Å². The molecule has 27 heavy (non-hydrogen) atoms. The first-order chi connectivity index (χ1) is 12.8. The molecule has 2 rings (SSSR count). The van der Waals surface area contributed by atoms with Crippen LogP contribution in [0.3, 0.4) is 0 Å². The van der Waals surface area contributed by atoms with Gasteiger partial charge in [-0.15, -0.1) is 0 Å². The Balaban J connectivity index is 2.35. The molecule has 0 aromatic heterocycles. The van der Waals surface area contributed by atoms with Gasteiger partial charge in [0.25, 0.3) is 0 Å². The number of benzene rings is 2. The summed E-state index contributed by atoms with van der Waals surface area (Å²) in [5.74, 6) is 0.0669. The van der Waals surface area contributed by atoms with E-state index in [2.05, 4.69) is 10.1 Å². The zero-order valence-electron chi connectivity index (χ0n) is 15.1. The molecule has 0 aliphatic rings. The number of halogens is 3. The van der Waals surface area contributed by atoms with Crippen LogP contribution >= 0.6 is 0 Å². The summed E-state index contributed by atoms with van der Waals surface area (Å²) in [6.07, 6.45) is -4.79. The van der Waals surface area contributed by atoms with Crippen molar-refractivity contribution in [2.24, 2.45) is 0 Å². The zero-order valence-corrected chi connectivity index (χ0v) is 15.1. The Hall–Kier alpha value is -2.90. The lowest BCUT2D eigenvalue weighted by molar-refractivity contribution is -0.139. The van der Waals surface area contributed by atoms with Crippen molar-refractivity contribution in [3.8, 4) is 11.5 Å². The number of amides is 1. The zero-order chi connectivity index (χ0) is 20.0. The quantitative estimate of drug-likeness (QED) is 0.760. The first-order valence-electron chi connectivity index (χ1n) is 8.13. The highest BCUT2D eigenvalue weighted by atomic mass is 19.4. The highest BCUT2D eigenvalue weighted by molar-refractivity contribution is 5.86. The van der Waals surface area contributed by atoms with Gasteiger partial charge in [0.05, 0.1) is 31.0 Å². The van der Waals surface area contributed by atoms with Gasteiger partial charge in [0, 0.05) is 0 Å². The summed E-state index contributed by atoms with van der Waals surface area (Å²) in [5.41, 5.74) is 0.414. The largest absolute Gasteiger partial charge is 0.496 e. The molecule has 8 heteroatoms. The summed E-state index contributed by atoms with van der Waals surface area (Å²) in [5, 5.41) is 2.49. The Morgan fingerprint density at radius 2 is 1.85 bits per heavy atom. The van der Waals surface area contributed by atoms with E-state index in [-0.39, 0.29) is 12.4 Å². The fraction of sp³-hybridized carbons (Fsp3) is 0.316. The molecule has 0 unspecified atom stereocenters. The van der Waals surface area contributed by atoms with Crippen LogP contribution in [0.25, 0.3) is 0 Å². The summed E-state index contributed by atoms with van der Waals surface area (Å²) in [4.78, 5) is 11.5. The minimum Gasteiger partial charge on any atom is -0.496 e. The smallest absolute Gasteiger partial charge is 0.419 e. The number of carbonyl (C=O) groups is 1. The van der Waals surface area contributed by atoms with Crippen LogP contribution in [-0.2, 0) is 23.9 Å². The van der Waals surface area contributed by atoms with Crippen LogP contribution in [-0.4, -0.2) is 20.3 Å². The molecule has 0 saturated carbocycles. The van der Waals surface area contributed by atoms with Gasteiger partial charge in [-0.1, -0.05) is 19.1 Å². The third-order valence-electron chi connectivity index (χ3n) is 3.90. The standard InChI is InChI=1S/C19H20F3NO4/c1-4-12-8-9-17(14(10-12)19(20,21)22)27-11-13-15(23-18(24)26-3)6-5-7-16(13)25-2/h5-10H,4,11H2,1-3H3,(H,23,24). The molecule has 146 valence electrons. The van der Waals surface area contributed by atoms with Crippen molar-refractivity contribution in [1.82, 2.24) is 0 Å². The third kappa shape index (κ3) is 5.06. The Kier molecular flexibility index (Phi) is 6.55. The maximum Gasteiger partial charge on any atom is 0.419 e. The van der Waals surface area contributed by atoms with Gasteiger partial charge in [-0.3, -0.25) is 5.32 Å². The molecule has 0 atom stereocenters. The monoisotopic (exact) mass is 383 g/mol. The van der Waals surface area contributed by atoms with E-state index in [0.29, 0.717) is 29.0 Å². The molecule has 0 radical (unpaired) electrons. The third-order valence-corrected chi connectivity index (χ3v) is 3.90. The molecule has 0 aliphatic heterocycles. The summed E-state index contributed by atoms with van der Waals surface area (Å²) in [6, 6.07) is 8.77. The minimum absolute atomic E-state index is 0.238. The molecule has 1 amide bonds. The second kappa shape index (κ2) is 8.66. The summed E-state index contributed by atoms with van der Waals surface area (Å²) in [7, 11) is 2.62. The van der Waals surface area contributed by atoms with Crippen molar-refractivity contribution in [2.75, 3.05) is 19.5 Å². The fourth-order valence-electron chi connectivity index (χ4n) is 2.48. The van der Waals surface area contributed by atoms with E-state index >= 15 is 0 Å². The van der Waals surface area contributed by atoms with Gasteiger partial charge >= 0.3 is 12.3 Å². The Morgan fingerprint density at radius 1 is 1.11 bits per heavy atom. The van der Waals surface area contributed by atoms with Crippen LogP contribution in [0.15, 0.2) is 36.4 Å². The van der Waals surface area contributed by atoms with Gasteiger partial charge in [0.2, 0.25) is 0 Å². The maximum atomic E-state index is 13.4. The van der Waals surface area contributed by atoms with E-state index < -0.39 is 17.8 Å². The number of rotatable bonds is 6. The summed E-state index contributed by atoms with van der Waals surface area (Å²) >= 11 is 0. The van der Waals surface area contributed by atoms with Crippen molar-refractivity contribution in [3.63, 3.8) is 0 Å². The first kappa shape index (κ1) is 20.4. The van der Waals surface area contributed by atoms with Crippen LogP contribution in [0.4, 0.5) is 23.7 Å². The number of methoxy groups -OCH3 is 2. The number of aryl methyl sites for hydroxylation is 1. The molecule has 0 fully saturated rings. The molecule has 1 N–H and O–H groups in total. The second-order valence-electron chi connectivity index (χ2n) is 5.57. The lowest BCUT2D eigenvalue weighted by atomic mass is 10.1. The van der Waals surface area contributed by atoms with E-state index in [1.54, 1.807) is 31.2 Å². The highest BCUT2D eigenvalue weighted by Gasteiger charge is 2.34. The van der Waals surface area contributed by atoms with Crippen molar-refractivity contribution in [2.45, 2.75) is 26.1 Å². The van der Waals surface area contributed by atoms with E-state index in [9.17, 15) is 18.0 Å². The predicted molar refractivity (Wildman–Crippen MR) is 94.2 cm³/mol. The normalized spacial score (nSPS) is 11.0. The number of hydrogen-bond acceptors (Lipinski definition) is 4. The Bertz CT molecular complexity index is 806.